The third-order valence-corrected chi connectivity index (χ3v) is 2.47. The molecule has 3 aromatic rings. The van der Waals surface area contributed by atoms with Gasteiger partial charge in [-0.1, -0.05) is 6.07 Å². The normalized spacial score (nSPS) is 10.5. The van der Waals surface area contributed by atoms with Gasteiger partial charge in [0.1, 0.15) is 12.4 Å². The van der Waals surface area contributed by atoms with Crippen molar-refractivity contribution in [1.29, 1.82) is 5.26 Å². The standard InChI is InChI=1S/C10H5N7O2/c11-5-7-12-6-16(14-7)9-10(17(18)19)15-4-2-1-3-8(15)13-9/h1-4,6H. The Hall–Kier alpha value is -3.28. The minimum atomic E-state index is -0.553. The van der Waals surface area contributed by atoms with E-state index in [0.29, 0.717) is 5.65 Å². The van der Waals surface area contributed by atoms with Crippen molar-refractivity contribution in [2.24, 2.45) is 0 Å². The van der Waals surface area contributed by atoms with Gasteiger partial charge in [0.2, 0.25) is 5.65 Å². The van der Waals surface area contributed by atoms with Crippen LogP contribution in [0.3, 0.4) is 0 Å². The zero-order chi connectivity index (χ0) is 13.4. The van der Waals surface area contributed by atoms with Gasteiger partial charge in [0, 0.05) is 6.07 Å². The molecule has 0 amide bonds. The molecule has 0 atom stereocenters. The number of fused-ring (bicyclic) bond motifs is 1. The summed E-state index contributed by atoms with van der Waals surface area (Å²) in [5, 5.41) is 23.6. The van der Waals surface area contributed by atoms with Crippen LogP contribution in [-0.2, 0) is 0 Å². The lowest BCUT2D eigenvalue weighted by molar-refractivity contribution is -0.390. The molecule has 3 heterocycles. The number of imidazole rings is 1. The van der Waals surface area contributed by atoms with E-state index in [4.69, 9.17) is 5.26 Å². The quantitative estimate of drug-likeness (QED) is 0.491. The number of nitro groups is 1. The third-order valence-electron chi connectivity index (χ3n) is 2.47. The summed E-state index contributed by atoms with van der Waals surface area (Å²) in [5.74, 6) is -0.290. The zero-order valence-electron chi connectivity index (χ0n) is 9.33. The molecule has 0 radical (unpaired) electrons. The fourth-order valence-electron chi connectivity index (χ4n) is 1.71. The van der Waals surface area contributed by atoms with E-state index >= 15 is 0 Å². The van der Waals surface area contributed by atoms with Gasteiger partial charge in [0.05, 0.1) is 6.20 Å². The second-order valence-electron chi connectivity index (χ2n) is 3.57. The first-order valence-corrected chi connectivity index (χ1v) is 5.14. The first kappa shape index (κ1) is 10.8. The molecule has 0 saturated carbocycles. The Kier molecular flexibility index (Phi) is 2.22. The van der Waals surface area contributed by atoms with Crippen LogP contribution in [0.25, 0.3) is 11.5 Å². The lowest BCUT2D eigenvalue weighted by Gasteiger charge is -1.96. The molecule has 19 heavy (non-hydrogen) atoms. The Balaban J connectivity index is 2.31. The molecular weight excluding hydrogens is 250 g/mol. The van der Waals surface area contributed by atoms with Crippen LogP contribution in [0, 0.1) is 21.4 Å². The number of rotatable bonds is 2. The number of hydrogen-bond donors (Lipinski definition) is 0. The van der Waals surface area contributed by atoms with Gasteiger partial charge in [-0.2, -0.15) is 19.3 Å². The van der Waals surface area contributed by atoms with Gasteiger partial charge in [0.25, 0.3) is 11.6 Å². The summed E-state index contributed by atoms with van der Waals surface area (Å²) < 4.78 is 2.45. The molecule has 9 heteroatoms. The molecule has 0 fully saturated rings. The molecule has 0 aromatic carbocycles. The summed E-state index contributed by atoms with van der Waals surface area (Å²) in [6.45, 7) is 0. The second-order valence-corrected chi connectivity index (χ2v) is 3.57. The van der Waals surface area contributed by atoms with Crippen molar-refractivity contribution >= 4 is 11.5 Å². The lowest BCUT2D eigenvalue weighted by atomic mass is 10.5. The molecule has 0 unspecified atom stereocenters. The summed E-state index contributed by atoms with van der Waals surface area (Å²) in [5.41, 5.74) is 0.415. The molecule has 0 aliphatic heterocycles. The number of nitriles is 1. The Labute approximate surface area is 105 Å². The van der Waals surface area contributed by atoms with Gasteiger partial charge >= 0.3 is 5.82 Å². The van der Waals surface area contributed by atoms with Gasteiger partial charge in [0.15, 0.2) is 0 Å². The van der Waals surface area contributed by atoms with Crippen molar-refractivity contribution in [3.8, 4) is 11.9 Å². The highest BCUT2D eigenvalue weighted by atomic mass is 16.6. The van der Waals surface area contributed by atoms with E-state index in [-0.39, 0.29) is 17.5 Å². The summed E-state index contributed by atoms with van der Waals surface area (Å²) in [6, 6.07) is 6.77. The van der Waals surface area contributed by atoms with E-state index in [2.05, 4.69) is 15.1 Å². The largest absolute Gasteiger partial charge is 0.374 e. The van der Waals surface area contributed by atoms with Crippen LogP contribution in [-0.4, -0.2) is 29.1 Å². The summed E-state index contributed by atoms with van der Waals surface area (Å²) >= 11 is 0. The highest BCUT2D eigenvalue weighted by Gasteiger charge is 2.24. The maximum Gasteiger partial charge on any atom is 0.374 e. The van der Waals surface area contributed by atoms with E-state index < -0.39 is 4.92 Å². The topological polar surface area (TPSA) is 115 Å². The monoisotopic (exact) mass is 255 g/mol. The molecule has 3 rings (SSSR count). The molecule has 3 aromatic heterocycles. The van der Waals surface area contributed by atoms with Crippen molar-refractivity contribution in [3.05, 3.63) is 46.7 Å². The lowest BCUT2D eigenvalue weighted by Crippen LogP contribution is -2.02. The highest BCUT2D eigenvalue weighted by Crippen LogP contribution is 2.23. The van der Waals surface area contributed by atoms with E-state index in [0.717, 1.165) is 4.68 Å². The van der Waals surface area contributed by atoms with Gasteiger partial charge in [-0.15, -0.1) is 5.10 Å². The number of pyridine rings is 1. The average molecular weight is 255 g/mol. The summed E-state index contributed by atoms with van der Waals surface area (Å²) in [7, 11) is 0. The Morgan fingerprint density at radius 3 is 2.95 bits per heavy atom. The predicted octanol–water partition coefficient (Wildman–Crippen LogP) is 0.695. The van der Waals surface area contributed by atoms with Gasteiger partial charge < -0.3 is 10.1 Å². The molecule has 0 N–H and O–H groups in total. The van der Waals surface area contributed by atoms with Crippen molar-refractivity contribution in [2.75, 3.05) is 0 Å². The molecular formula is C10H5N7O2. The molecule has 0 spiro atoms. The number of aromatic nitrogens is 5. The molecule has 0 aliphatic rings. The van der Waals surface area contributed by atoms with Crippen molar-refractivity contribution in [3.63, 3.8) is 0 Å². The fraction of sp³-hybridized carbons (Fsp3) is 0. The van der Waals surface area contributed by atoms with Crippen LogP contribution < -0.4 is 0 Å². The van der Waals surface area contributed by atoms with Crippen molar-refractivity contribution < 1.29 is 4.92 Å². The van der Waals surface area contributed by atoms with Gasteiger partial charge in [-0.3, -0.25) is 0 Å². The van der Waals surface area contributed by atoms with E-state index in [1.165, 1.54) is 16.9 Å². The van der Waals surface area contributed by atoms with E-state index in [9.17, 15) is 10.1 Å². The number of nitrogens with zero attached hydrogens (tertiary/aromatic N) is 7. The maximum atomic E-state index is 11.2. The summed E-state index contributed by atoms with van der Waals surface area (Å²) in [6.07, 6.45) is 2.75. The van der Waals surface area contributed by atoms with Crippen molar-refractivity contribution in [2.45, 2.75) is 0 Å². The molecule has 0 saturated heterocycles. The molecule has 0 aliphatic carbocycles. The number of hydrogen-bond acceptors (Lipinski definition) is 6. The minimum Gasteiger partial charge on any atom is -0.358 e. The minimum absolute atomic E-state index is 0.0187. The summed E-state index contributed by atoms with van der Waals surface area (Å²) in [4.78, 5) is 18.4. The van der Waals surface area contributed by atoms with Crippen LogP contribution in [0.2, 0.25) is 0 Å². The first-order valence-electron chi connectivity index (χ1n) is 5.14. The van der Waals surface area contributed by atoms with Gasteiger partial charge in [-0.25, -0.2) is 4.98 Å². The molecule has 9 nitrogen and oxygen atoms in total. The van der Waals surface area contributed by atoms with E-state index in [1.807, 2.05) is 0 Å². The van der Waals surface area contributed by atoms with Gasteiger partial charge in [-0.05, 0) is 11.0 Å². The van der Waals surface area contributed by atoms with Crippen LogP contribution in [0.1, 0.15) is 5.82 Å². The maximum absolute atomic E-state index is 11.2. The van der Waals surface area contributed by atoms with Crippen LogP contribution >= 0.6 is 0 Å². The Bertz CT molecular complexity index is 826. The fourth-order valence-corrected chi connectivity index (χ4v) is 1.71. The smallest absolute Gasteiger partial charge is 0.358 e. The highest BCUT2D eigenvalue weighted by molar-refractivity contribution is 5.55. The van der Waals surface area contributed by atoms with Crippen LogP contribution in [0.4, 0.5) is 5.82 Å². The first-order chi connectivity index (χ1) is 9.20. The Morgan fingerprint density at radius 2 is 2.26 bits per heavy atom. The van der Waals surface area contributed by atoms with Crippen LogP contribution in [0.15, 0.2) is 30.7 Å². The molecule has 92 valence electrons. The zero-order valence-corrected chi connectivity index (χ0v) is 9.33. The van der Waals surface area contributed by atoms with Crippen molar-refractivity contribution in [1.82, 2.24) is 24.1 Å². The molecule has 0 bridgehead atoms. The predicted molar refractivity (Wildman–Crippen MR) is 61.5 cm³/mol. The third kappa shape index (κ3) is 1.59. The van der Waals surface area contributed by atoms with Crippen LogP contribution in [0.5, 0.6) is 0 Å². The SMILES string of the molecule is N#Cc1ncn(-c2nc3ccccn3c2[N+](=O)[O-])n1. The second kappa shape index (κ2) is 3.88. The average Bonchev–Trinajstić information content (AvgIpc) is 3.02. The Morgan fingerprint density at radius 1 is 1.42 bits per heavy atom. The van der Waals surface area contributed by atoms with E-state index in [1.54, 1.807) is 24.3 Å².